The Labute approximate surface area is 224 Å². The summed E-state index contributed by atoms with van der Waals surface area (Å²) in [6.07, 6.45) is 1.25. The van der Waals surface area contributed by atoms with Crippen molar-refractivity contribution in [3.63, 3.8) is 0 Å². The number of aromatic hydroxyl groups is 1. The fraction of sp³-hybridized carbons (Fsp3) is 0.429. The lowest BCUT2D eigenvalue weighted by Gasteiger charge is -2.46. The van der Waals surface area contributed by atoms with E-state index in [1.807, 2.05) is 13.8 Å². The van der Waals surface area contributed by atoms with Crippen LogP contribution in [0, 0.1) is 11.8 Å². The number of nitrogens with one attached hydrogen (secondary N) is 1. The summed E-state index contributed by atoms with van der Waals surface area (Å²) in [6.45, 7) is 7.39. The third-order valence-electron chi connectivity index (χ3n) is 7.78. The molecule has 0 aromatic heterocycles. The highest BCUT2D eigenvalue weighted by atomic mass is 16.5. The number of aliphatic hydroxyl groups excluding tert-OH is 2. The molecule has 3 aliphatic carbocycles. The third kappa shape index (κ3) is 4.46. The van der Waals surface area contributed by atoms with Gasteiger partial charge in [0.15, 0.2) is 11.4 Å². The van der Waals surface area contributed by atoms with E-state index in [4.69, 9.17) is 10.5 Å². The maximum atomic E-state index is 13.7. The van der Waals surface area contributed by atoms with E-state index >= 15 is 0 Å². The van der Waals surface area contributed by atoms with Gasteiger partial charge in [-0.05, 0) is 48.3 Å². The van der Waals surface area contributed by atoms with Gasteiger partial charge in [0.25, 0.3) is 5.91 Å². The number of carbonyl (C=O) groups is 4. The molecule has 2 amide bonds. The van der Waals surface area contributed by atoms with Gasteiger partial charge in [-0.1, -0.05) is 19.9 Å². The first-order valence-corrected chi connectivity index (χ1v) is 12.7. The summed E-state index contributed by atoms with van der Waals surface area (Å²) in [5, 5.41) is 47.2. The molecule has 0 bridgehead atoms. The van der Waals surface area contributed by atoms with Crippen molar-refractivity contribution in [3.8, 4) is 5.75 Å². The Morgan fingerprint density at radius 2 is 1.95 bits per heavy atom. The summed E-state index contributed by atoms with van der Waals surface area (Å²) >= 11 is 0. The first kappa shape index (κ1) is 27.9. The molecule has 3 atom stereocenters. The summed E-state index contributed by atoms with van der Waals surface area (Å²) < 4.78 is 5.03. The number of amides is 2. The summed E-state index contributed by atoms with van der Waals surface area (Å²) in [5.74, 6) is -6.87. The first-order valence-electron chi connectivity index (χ1n) is 12.7. The maximum absolute atomic E-state index is 13.7. The maximum Gasteiger partial charge on any atom is 0.407 e. The average Bonchev–Trinajstić information content (AvgIpc) is 2.85. The van der Waals surface area contributed by atoms with E-state index in [9.17, 15) is 39.6 Å². The molecular weight excluding hydrogens is 508 g/mol. The predicted octanol–water partition coefficient (Wildman–Crippen LogP) is 2.35. The molecule has 1 fully saturated rings. The number of ether oxygens (including phenoxy) is 1. The van der Waals surface area contributed by atoms with Gasteiger partial charge in [-0.25, -0.2) is 4.79 Å². The van der Waals surface area contributed by atoms with Gasteiger partial charge in [0.1, 0.15) is 22.8 Å². The molecular formula is C28H32N2O9. The van der Waals surface area contributed by atoms with Crippen LogP contribution in [0.4, 0.5) is 4.79 Å². The number of ketones is 2. The smallest absolute Gasteiger partial charge is 0.407 e. The van der Waals surface area contributed by atoms with Gasteiger partial charge < -0.3 is 36.2 Å². The molecule has 0 unspecified atom stereocenters. The Morgan fingerprint density at radius 3 is 2.56 bits per heavy atom. The largest absolute Gasteiger partial charge is 0.508 e. The summed E-state index contributed by atoms with van der Waals surface area (Å²) in [6, 6.07) is 1.72. The molecule has 39 heavy (non-hydrogen) atoms. The van der Waals surface area contributed by atoms with Gasteiger partial charge in [0.05, 0.1) is 12.2 Å². The Morgan fingerprint density at radius 1 is 1.26 bits per heavy atom. The van der Waals surface area contributed by atoms with Crippen molar-refractivity contribution in [3.05, 3.63) is 57.9 Å². The fourth-order valence-electron chi connectivity index (χ4n) is 5.88. The topological polar surface area (TPSA) is 196 Å². The summed E-state index contributed by atoms with van der Waals surface area (Å²) in [4.78, 5) is 50.0. The zero-order chi connectivity index (χ0) is 28.8. The molecule has 1 aromatic carbocycles. The number of alkyl carbamates (subject to hydrolysis) is 1. The molecule has 208 valence electrons. The molecule has 11 heteroatoms. The lowest BCUT2D eigenvalue weighted by atomic mass is 9.59. The van der Waals surface area contributed by atoms with Crippen LogP contribution in [0.25, 0.3) is 5.76 Å². The van der Waals surface area contributed by atoms with Crippen LogP contribution in [0.1, 0.15) is 61.3 Å². The molecule has 0 radical (unpaired) electrons. The second-order valence-corrected chi connectivity index (χ2v) is 10.5. The number of aliphatic hydroxyl groups is 3. The van der Waals surface area contributed by atoms with E-state index in [1.165, 1.54) is 0 Å². The average molecular weight is 541 g/mol. The Balaban J connectivity index is 1.80. The monoisotopic (exact) mass is 540 g/mol. The number of primary amides is 1. The van der Waals surface area contributed by atoms with Crippen LogP contribution in [0.5, 0.6) is 5.75 Å². The van der Waals surface area contributed by atoms with Crippen molar-refractivity contribution in [2.75, 3.05) is 6.61 Å². The second kappa shape index (κ2) is 10.2. The van der Waals surface area contributed by atoms with Gasteiger partial charge >= 0.3 is 6.09 Å². The predicted molar refractivity (Wildman–Crippen MR) is 138 cm³/mol. The van der Waals surface area contributed by atoms with E-state index in [-0.39, 0.29) is 60.8 Å². The van der Waals surface area contributed by atoms with Crippen molar-refractivity contribution in [2.24, 2.45) is 17.6 Å². The van der Waals surface area contributed by atoms with Gasteiger partial charge in [-0.3, -0.25) is 14.4 Å². The zero-order valence-corrected chi connectivity index (χ0v) is 21.7. The van der Waals surface area contributed by atoms with Crippen molar-refractivity contribution < 1.29 is 44.3 Å². The highest BCUT2D eigenvalue weighted by Gasteiger charge is 2.60. The van der Waals surface area contributed by atoms with Crippen molar-refractivity contribution in [1.82, 2.24) is 5.32 Å². The van der Waals surface area contributed by atoms with E-state index in [2.05, 4.69) is 11.9 Å². The van der Waals surface area contributed by atoms with Crippen LogP contribution in [-0.2, 0) is 32.1 Å². The minimum Gasteiger partial charge on any atom is -0.508 e. The van der Waals surface area contributed by atoms with E-state index in [1.54, 1.807) is 12.1 Å². The standard InChI is InChI=1S/C28H32N2O9/c1-4-5-6-39-27(37)30-11-14-9-16(12(2)3)17-8-13-7-15-10-18(31)21(26(29)36)25(35)28(15,38)24(34)19(13)23(33)20(17)22(14)32/h4,9,12-13,15,32-33,35,38H,1,5-8,10-11H2,2-3H3,(H2,29,36)(H,30,37)/t13-,15+,28+/m1/s1. The van der Waals surface area contributed by atoms with Gasteiger partial charge in [-0.15, -0.1) is 6.58 Å². The number of phenolic OH excluding ortho intramolecular Hbond substituents is 1. The van der Waals surface area contributed by atoms with Crippen LogP contribution >= 0.6 is 0 Å². The number of nitrogens with two attached hydrogens (primary N) is 1. The zero-order valence-electron chi connectivity index (χ0n) is 21.7. The number of hydrogen-bond acceptors (Lipinski definition) is 9. The molecule has 0 saturated heterocycles. The quantitative estimate of drug-likeness (QED) is 0.171. The lowest BCUT2D eigenvalue weighted by Crippen LogP contribution is -2.58. The Kier molecular flexibility index (Phi) is 7.31. The van der Waals surface area contributed by atoms with Crippen molar-refractivity contribution in [1.29, 1.82) is 0 Å². The molecule has 1 saturated carbocycles. The molecule has 0 heterocycles. The number of benzene rings is 1. The summed E-state index contributed by atoms with van der Waals surface area (Å²) in [5.41, 5.74) is 3.18. The molecule has 3 aliphatic rings. The minimum atomic E-state index is -2.62. The van der Waals surface area contributed by atoms with Gasteiger partial charge in [-0.2, -0.15) is 0 Å². The highest BCUT2D eigenvalue weighted by molar-refractivity contribution is 6.22. The van der Waals surface area contributed by atoms with Gasteiger partial charge in [0.2, 0.25) is 5.78 Å². The van der Waals surface area contributed by atoms with Crippen LogP contribution < -0.4 is 11.1 Å². The molecule has 11 nitrogen and oxygen atoms in total. The van der Waals surface area contributed by atoms with Crippen LogP contribution in [0.3, 0.4) is 0 Å². The van der Waals surface area contributed by atoms with Crippen LogP contribution in [0.2, 0.25) is 0 Å². The van der Waals surface area contributed by atoms with E-state index in [0.717, 1.165) is 5.56 Å². The Bertz CT molecular complexity index is 1360. The fourth-order valence-corrected chi connectivity index (χ4v) is 5.88. The number of hydrogen-bond donors (Lipinski definition) is 6. The van der Waals surface area contributed by atoms with Crippen molar-refractivity contribution >= 4 is 29.3 Å². The number of phenols is 1. The first-order chi connectivity index (χ1) is 18.3. The molecule has 4 rings (SSSR count). The van der Waals surface area contributed by atoms with Gasteiger partial charge in [0, 0.05) is 30.0 Å². The van der Waals surface area contributed by atoms with Crippen LogP contribution in [-0.4, -0.2) is 56.2 Å². The second-order valence-electron chi connectivity index (χ2n) is 10.5. The highest BCUT2D eigenvalue weighted by Crippen LogP contribution is 2.53. The number of carbonyl (C=O) groups excluding carboxylic acids is 4. The molecule has 7 N–H and O–H groups in total. The molecule has 0 spiro atoms. The number of Topliss-reactive ketones (excluding diaryl/α,β-unsaturated/α-hetero) is 2. The molecule has 1 aromatic rings. The van der Waals surface area contributed by atoms with E-state index in [0.29, 0.717) is 12.0 Å². The lowest BCUT2D eigenvalue weighted by molar-refractivity contribution is -0.147. The summed E-state index contributed by atoms with van der Waals surface area (Å²) in [7, 11) is 0. The number of fused-ring (bicyclic) bond motifs is 3. The number of rotatable bonds is 7. The SMILES string of the molecule is C=CCCOC(=O)NCc1cc(C(C)C)c2c(c1O)C(O)=C1C(=O)[C@]3(O)C(O)=C(C(N)=O)C(=O)C[C@@H]3C[C@@H]1C2. The Hall–Kier alpha value is -4.12. The van der Waals surface area contributed by atoms with Crippen LogP contribution in [0.15, 0.2) is 35.6 Å². The third-order valence-corrected chi connectivity index (χ3v) is 7.78. The minimum absolute atomic E-state index is 0.00912. The van der Waals surface area contributed by atoms with E-state index < -0.39 is 58.1 Å². The van der Waals surface area contributed by atoms with Crippen molar-refractivity contribution in [2.45, 2.75) is 57.6 Å². The normalized spacial score (nSPS) is 24.2. The molecule has 0 aliphatic heterocycles.